The summed E-state index contributed by atoms with van der Waals surface area (Å²) in [5.41, 5.74) is 2.72. The second-order valence-electron chi connectivity index (χ2n) is 9.91. The van der Waals surface area contributed by atoms with Crippen molar-refractivity contribution >= 4 is 40.2 Å². The first kappa shape index (κ1) is 26.0. The number of morpholine rings is 1. The number of anilines is 3. The molecule has 1 aromatic carbocycles. The van der Waals surface area contributed by atoms with Crippen molar-refractivity contribution in [2.45, 2.75) is 27.7 Å². The van der Waals surface area contributed by atoms with Crippen LogP contribution in [0.3, 0.4) is 0 Å². The second kappa shape index (κ2) is 10.5. The fourth-order valence-electron chi connectivity index (χ4n) is 3.80. The average molecular weight is 505 g/mol. The van der Waals surface area contributed by atoms with Crippen LogP contribution in [0.5, 0.6) is 0 Å². The van der Waals surface area contributed by atoms with Crippen LogP contribution < -0.4 is 15.1 Å². The third kappa shape index (κ3) is 5.83. The second-order valence-corrected chi connectivity index (χ2v) is 9.91. The number of aliphatic hydroxyl groups is 1. The first-order valence-corrected chi connectivity index (χ1v) is 12.0. The molecular weight excluding hydrogens is 472 g/mol. The lowest BCUT2D eigenvalue weighted by Gasteiger charge is -2.27. The molecule has 2 aromatic heterocycles. The predicted octanol–water partition coefficient (Wildman–Crippen LogP) is 3.53. The van der Waals surface area contributed by atoms with Gasteiger partial charge in [0.25, 0.3) is 5.91 Å². The number of carbonyl (C=O) groups is 1. The zero-order chi connectivity index (χ0) is 26.7. The number of hydrogen-bond donors (Lipinski definition) is 3. The van der Waals surface area contributed by atoms with Gasteiger partial charge in [0.1, 0.15) is 29.0 Å². The molecular formula is C26H32N8O3. The number of nitrogens with zero attached hydrogens (tertiary/aromatic N) is 6. The summed E-state index contributed by atoms with van der Waals surface area (Å²) in [4.78, 5) is 34.9. The maximum absolute atomic E-state index is 12.9. The predicted molar refractivity (Wildman–Crippen MR) is 143 cm³/mol. The maximum atomic E-state index is 12.9. The Kier molecular flexibility index (Phi) is 7.35. The number of allylic oxidation sites excluding steroid dienone is 1. The lowest BCUT2D eigenvalue weighted by molar-refractivity contribution is 0.0977. The minimum absolute atomic E-state index is 0.0104. The molecule has 11 nitrogen and oxygen atoms in total. The molecule has 1 fully saturated rings. The Labute approximate surface area is 215 Å². The average Bonchev–Trinajstić information content (AvgIpc) is 2.87. The van der Waals surface area contributed by atoms with Crippen molar-refractivity contribution in [3.8, 4) is 0 Å². The molecule has 0 aliphatic carbocycles. The molecule has 1 aliphatic heterocycles. The molecule has 0 atom stereocenters. The maximum Gasteiger partial charge on any atom is 0.256 e. The fourth-order valence-corrected chi connectivity index (χ4v) is 3.80. The van der Waals surface area contributed by atoms with Gasteiger partial charge in [-0.05, 0) is 24.6 Å². The van der Waals surface area contributed by atoms with Gasteiger partial charge in [-0.2, -0.15) is 0 Å². The Bertz CT molecular complexity index is 1360. The number of fused-ring (bicyclic) bond motifs is 1. The van der Waals surface area contributed by atoms with E-state index in [9.17, 15) is 9.90 Å². The van der Waals surface area contributed by atoms with Crippen LogP contribution in [0, 0.1) is 17.7 Å². The number of carbonyl (C=O) groups excluding carboxylic acids is 1. The zero-order valence-electron chi connectivity index (χ0n) is 21.7. The van der Waals surface area contributed by atoms with E-state index in [-0.39, 0.29) is 11.6 Å². The van der Waals surface area contributed by atoms with Gasteiger partial charge in [-0.15, -0.1) is 0 Å². The van der Waals surface area contributed by atoms with Gasteiger partial charge < -0.3 is 25.0 Å². The third-order valence-electron chi connectivity index (χ3n) is 6.09. The van der Waals surface area contributed by atoms with Gasteiger partial charge in [-0.25, -0.2) is 19.9 Å². The van der Waals surface area contributed by atoms with E-state index in [0.717, 1.165) is 11.3 Å². The number of amidine groups is 1. The molecule has 0 saturated carbocycles. The molecule has 3 heterocycles. The van der Waals surface area contributed by atoms with Crippen molar-refractivity contribution in [2.24, 2.45) is 5.41 Å². The molecule has 1 saturated heterocycles. The molecule has 1 amide bonds. The Morgan fingerprint density at radius 1 is 1.22 bits per heavy atom. The first-order valence-electron chi connectivity index (χ1n) is 12.0. The van der Waals surface area contributed by atoms with Crippen molar-refractivity contribution in [1.29, 1.82) is 5.41 Å². The zero-order valence-corrected chi connectivity index (χ0v) is 21.7. The number of aryl methyl sites for hydroxylation is 1. The Morgan fingerprint density at radius 3 is 2.65 bits per heavy atom. The van der Waals surface area contributed by atoms with E-state index in [2.05, 4.69) is 25.2 Å². The van der Waals surface area contributed by atoms with E-state index in [1.54, 1.807) is 18.3 Å². The summed E-state index contributed by atoms with van der Waals surface area (Å²) in [5, 5.41) is 20.7. The number of aliphatic hydroxyl groups excluding tert-OH is 1. The van der Waals surface area contributed by atoms with Crippen LogP contribution >= 0.6 is 0 Å². The number of hydrogen-bond acceptors (Lipinski definition) is 10. The largest absolute Gasteiger partial charge is 0.512 e. The van der Waals surface area contributed by atoms with Gasteiger partial charge >= 0.3 is 0 Å². The smallest absolute Gasteiger partial charge is 0.256 e. The number of amides is 1. The van der Waals surface area contributed by atoms with Crippen molar-refractivity contribution in [3.05, 3.63) is 53.7 Å². The quantitative estimate of drug-likeness (QED) is 0.270. The summed E-state index contributed by atoms with van der Waals surface area (Å²) in [6, 6.07) is 5.27. The van der Waals surface area contributed by atoms with Gasteiger partial charge in [-0.1, -0.05) is 26.8 Å². The SMILES string of the molecule is Cc1ccc(C(=O)NC(=N)/C=C(\O)C(C)(C)C)cc1N(C)c1ncnc2cnc(N3CCOCC3)nc12. The summed E-state index contributed by atoms with van der Waals surface area (Å²) in [7, 11) is 1.86. The molecule has 37 heavy (non-hydrogen) atoms. The van der Waals surface area contributed by atoms with Gasteiger partial charge in [0.15, 0.2) is 5.82 Å². The summed E-state index contributed by atoms with van der Waals surface area (Å²) < 4.78 is 5.44. The van der Waals surface area contributed by atoms with E-state index < -0.39 is 11.3 Å². The minimum atomic E-state index is -0.526. The number of nitrogens with one attached hydrogen (secondary N) is 2. The molecule has 1 aliphatic rings. The highest BCUT2D eigenvalue weighted by Crippen LogP contribution is 2.31. The van der Waals surface area contributed by atoms with Crippen molar-refractivity contribution in [1.82, 2.24) is 25.3 Å². The lowest BCUT2D eigenvalue weighted by Crippen LogP contribution is -2.37. The molecule has 0 bridgehead atoms. The van der Waals surface area contributed by atoms with Crippen LogP contribution in [-0.2, 0) is 4.74 Å². The standard InChI is InChI=1S/C26H32N8O3/c1-16-6-7-17(24(36)31-21(27)13-20(35)26(2,3)4)12-19(16)33(5)23-22-18(29-15-30-23)14-28-25(32-22)34-8-10-37-11-9-34/h6-7,12-15,35H,8-11H2,1-5H3,(H2,27,31,36)/b20-13-. The molecule has 3 N–H and O–H groups in total. The van der Waals surface area contributed by atoms with E-state index >= 15 is 0 Å². The van der Waals surface area contributed by atoms with E-state index in [1.807, 2.05) is 45.7 Å². The number of rotatable bonds is 5. The molecule has 0 radical (unpaired) electrons. The van der Waals surface area contributed by atoms with Crippen LogP contribution in [-0.4, -0.2) is 70.1 Å². The monoisotopic (exact) mass is 504 g/mol. The highest BCUT2D eigenvalue weighted by atomic mass is 16.5. The molecule has 11 heteroatoms. The van der Waals surface area contributed by atoms with Crippen LogP contribution in [0.4, 0.5) is 17.5 Å². The van der Waals surface area contributed by atoms with E-state index in [0.29, 0.717) is 54.7 Å². The third-order valence-corrected chi connectivity index (χ3v) is 6.09. The van der Waals surface area contributed by atoms with Gasteiger partial charge in [-0.3, -0.25) is 10.2 Å². The van der Waals surface area contributed by atoms with Crippen LogP contribution in [0.15, 0.2) is 42.6 Å². The topological polar surface area (TPSA) is 140 Å². The highest BCUT2D eigenvalue weighted by Gasteiger charge is 2.20. The summed E-state index contributed by atoms with van der Waals surface area (Å²) in [5.74, 6) is 0.531. The van der Waals surface area contributed by atoms with Crippen molar-refractivity contribution in [3.63, 3.8) is 0 Å². The highest BCUT2D eigenvalue weighted by molar-refractivity contribution is 6.09. The van der Waals surface area contributed by atoms with Crippen LogP contribution in [0.2, 0.25) is 0 Å². The van der Waals surface area contributed by atoms with E-state index in [1.165, 1.54) is 12.4 Å². The fraction of sp³-hybridized carbons (Fsp3) is 0.385. The molecule has 3 aromatic rings. The molecule has 4 rings (SSSR count). The van der Waals surface area contributed by atoms with Gasteiger partial charge in [0.2, 0.25) is 5.95 Å². The Hall–Kier alpha value is -4.12. The normalized spacial score (nSPS) is 14.5. The number of ether oxygens (including phenoxy) is 1. The molecule has 194 valence electrons. The number of aromatic nitrogens is 4. The lowest BCUT2D eigenvalue weighted by atomic mass is 9.93. The van der Waals surface area contributed by atoms with Crippen LogP contribution in [0.25, 0.3) is 11.0 Å². The number of benzene rings is 1. The first-order chi connectivity index (χ1) is 17.5. The van der Waals surface area contributed by atoms with Crippen LogP contribution in [0.1, 0.15) is 36.7 Å². The Morgan fingerprint density at radius 2 is 1.95 bits per heavy atom. The van der Waals surface area contributed by atoms with Gasteiger partial charge in [0.05, 0.1) is 19.4 Å². The molecule has 0 unspecified atom stereocenters. The Balaban J connectivity index is 1.63. The summed E-state index contributed by atoms with van der Waals surface area (Å²) in [6.45, 7) is 10.1. The summed E-state index contributed by atoms with van der Waals surface area (Å²) >= 11 is 0. The van der Waals surface area contributed by atoms with Gasteiger partial charge in [0, 0.05) is 42.9 Å². The van der Waals surface area contributed by atoms with E-state index in [4.69, 9.17) is 15.1 Å². The molecule has 0 spiro atoms. The van der Waals surface area contributed by atoms with Crippen molar-refractivity contribution in [2.75, 3.05) is 43.2 Å². The van der Waals surface area contributed by atoms with Crippen molar-refractivity contribution < 1.29 is 14.6 Å². The minimum Gasteiger partial charge on any atom is -0.512 e. The summed E-state index contributed by atoms with van der Waals surface area (Å²) in [6.07, 6.45) is 4.40.